The highest BCUT2D eigenvalue weighted by Crippen LogP contribution is 2.28. The minimum atomic E-state index is -0.731. The van der Waals surface area contributed by atoms with E-state index in [1.165, 1.54) is 24.4 Å². The van der Waals surface area contributed by atoms with Crippen molar-refractivity contribution in [1.29, 1.82) is 0 Å². The van der Waals surface area contributed by atoms with Crippen LogP contribution in [0.5, 0.6) is 11.5 Å². The van der Waals surface area contributed by atoms with Crippen molar-refractivity contribution in [2.75, 3.05) is 5.32 Å². The van der Waals surface area contributed by atoms with Gasteiger partial charge in [0.25, 0.3) is 5.91 Å². The number of halogens is 1. The number of carbonyl (C=O) groups is 1. The van der Waals surface area contributed by atoms with Gasteiger partial charge in [0, 0.05) is 28.6 Å². The summed E-state index contributed by atoms with van der Waals surface area (Å²) in [7, 11) is 0. The molecule has 0 spiro atoms. The summed E-state index contributed by atoms with van der Waals surface area (Å²) in [5, 5.41) is 29.2. The van der Waals surface area contributed by atoms with Crippen LogP contribution in [0.15, 0.2) is 47.5 Å². The monoisotopic (exact) mass is 371 g/mol. The van der Waals surface area contributed by atoms with Crippen molar-refractivity contribution in [2.24, 2.45) is 10.7 Å². The van der Waals surface area contributed by atoms with Crippen LogP contribution in [-0.4, -0.2) is 32.5 Å². The third-order valence-corrected chi connectivity index (χ3v) is 3.66. The zero-order chi connectivity index (χ0) is 18.7. The van der Waals surface area contributed by atoms with E-state index in [2.05, 4.69) is 20.5 Å². The smallest absolute Gasteiger partial charge is 0.256 e. The Morgan fingerprint density at radius 3 is 2.77 bits per heavy atom. The van der Waals surface area contributed by atoms with Gasteiger partial charge in [0.2, 0.25) is 0 Å². The van der Waals surface area contributed by atoms with Crippen molar-refractivity contribution >= 4 is 41.0 Å². The van der Waals surface area contributed by atoms with Crippen molar-refractivity contribution in [3.8, 4) is 11.5 Å². The molecule has 9 heteroatoms. The van der Waals surface area contributed by atoms with Crippen LogP contribution >= 0.6 is 11.6 Å². The minimum absolute atomic E-state index is 0.0551. The maximum atomic E-state index is 11.8. The van der Waals surface area contributed by atoms with E-state index in [4.69, 9.17) is 17.3 Å². The number of phenolic OH excluding ortho intramolecular Hbond substituents is 2. The molecule has 0 aliphatic rings. The Morgan fingerprint density at radius 1 is 1.27 bits per heavy atom. The Hall–Kier alpha value is -3.52. The number of aromatic hydroxyl groups is 2. The predicted octanol–water partition coefficient (Wildman–Crippen LogP) is 3.07. The molecule has 8 nitrogen and oxygen atoms in total. The van der Waals surface area contributed by atoms with E-state index in [-0.39, 0.29) is 28.7 Å². The Morgan fingerprint density at radius 2 is 2.08 bits per heavy atom. The maximum absolute atomic E-state index is 11.8. The van der Waals surface area contributed by atoms with Crippen LogP contribution in [-0.2, 0) is 0 Å². The molecule has 0 unspecified atom stereocenters. The molecule has 132 valence electrons. The average Bonchev–Trinajstić information content (AvgIpc) is 2.97. The van der Waals surface area contributed by atoms with E-state index in [1.54, 1.807) is 24.3 Å². The molecule has 0 saturated carbocycles. The summed E-state index contributed by atoms with van der Waals surface area (Å²) in [6.07, 6.45) is 1.32. The van der Waals surface area contributed by atoms with Crippen molar-refractivity contribution < 1.29 is 15.0 Å². The van der Waals surface area contributed by atoms with Gasteiger partial charge in [-0.1, -0.05) is 17.7 Å². The zero-order valence-corrected chi connectivity index (χ0v) is 14.0. The number of benzene rings is 2. The quantitative estimate of drug-likeness (QED) is 0.439. The SMILES string of the molecule is NC(=O)c1c(Nc2cccc(Cl)c2)n[nH]c1/N=C/c1ccc(O)cc1O. The molecular formula is C17H14ClN5O3. The standard InChI is InChI=1S/C17H14ClN5O3/c18-10-2-1-3-11(6-10)21-17-14(15(19)26)16(22-23-17)20-8-9-4-5-12(24)7-13(9)25/h1-8,24-25H,(H2,19,26)(H2,21,22,23)/b20-8+. The van der Waals surface area contributed by atoms with Gasteiger partial charge in [-0.05, 0) is 30.3 Å². The number of hydrogen-bond acceptors (Lipinski definition) is 6. The van der Waals surface area contributed by atoms with Gasteiger partial charge in [-0.15, -0.1) is 0 Å². The Bertz CT molecular complexity index is 1000. The van der Waals surface area contributed by atoms with Crippen LogP contribution in [0.3, 0.4) is 0 Å². The Kier molecular flexibility index (Phi) is 4.76. The van der Waals surface area contributed by atoms with Gasteiger partial charge in [-0.25, -0.2) is 4.99 Å². The van der Waals surface area contributed by atoms with Crippen LogP contribution < -0.4 is 11.1 Å². The van der Waals surface area contributed by atoms with Crippen molar-refractivity contribution in [3.05, 3.63) is 58.6 Å². The van der Waals surface area contributed by atoms with E-state index in [0.717, 1.165) is 0 Å². The molecule has 0 aliphatic heterocycles. The summed E-state index contributed by atoms with van der Waals surface area (Å²) in [5.41, 5.74) is 6.46. The molecule has 0 atom stereocenters. The first-order chi connectivity index (χ1) is 12.4. The number of nitrogens with one attached hydrogen (secondary N) is 2. The van der Waals surface area contributed by atoms with E-state index in [9.17, 15) is 15.0 Å². The lowest BCUT2D eigenvalue weighted by molar-refractivity contribution is 0.100. The number of nitrogens with zero attached hydrogens (tertiary/aromatic N) is 2. The van der Waals surface area contributed by atoms with Gasteiger partial charge in [0.05, 0.1) is 0 Å². The molecule has 0 aliphatic carbocycles. The summed E-state index contributed by atoms with van der Waals surface area (Å²) >= 11 is 5.94. The summed E-state index contributed by atoms with van der Waals surface area (Å²) in [6.45, 7) is 0. The Balaban J connectivity index is 1.92. The second kappa shape index (κ2) is 7.16. The van der Waals surface area contributed by atoms with Gasteiger partial charge in [-0.3, -0.25) is 9.89 Å². The number of aromatic amines is 1. The molecule has 0 saturated heterocycles. The lowest BCUT2D eigenvalue weighted by Gasteiger charge is -2.05. The van der Waals surface area contributed by atoms with Crippen molar-refractivity contribution in [1.82, 2.24) is 10.2 Å². The van der Waals surface area contributed by atoms with Crippen LogP contribution in [0.25, 0.3) is 0 Å². The van der Waals surface area contributed by atoms with Crippen LogP contribution in [0.4, 0.5) is 17.3 Å². The van der Waals surface area contributed by atoms with Gasteiger partial charge in [0.15, 0.2) is 11.6 Å². The summed E-state index contributed by atoms with van der Waals surface area (Å²) in [5.74, 6) is -0.653. The normalized spacial score (nSPS) is 11.0. The molecule has 1 aromatic heterocycles. The molecule has 2 aromatic carbocycles. The number of amides is 1. The fourth-order valence-corrected chi connectivity index (χ4v) is 2.42. The summed E-state index contributed by atoms with van der Waals surface area (Å²) < 4.78 is 0. The predicted molar refractivity (Wildman–Crippen MR) is 98.9 cm³/mol. The van der Waals surface area contributed by atoms with Crippen molar-refractivity contribution in [3.63, 3.8) is 0 Å². The number of primary amides is 1. The molecule has 1 heterocycles. The molecule has 6 N–H and O–H groups in total. The van der Waals surface area contributed by atoms with Crippen LogP contribution in [0.2, 0.25) is 5.02 Å². The molecule has 26 heavy (non-hydrogen) atoms. The molecule has 0 fully saturated rings. The van der Waals surface area contributed by atoms with Crippen molar-refractivity contribution in [2.45, 2.75) is 0 Å². The van der Waals surface area contributed by atoms with E-state index < -0.39 is 5.91 Å². The largest absolute Gasteiger partial charge is 0.508 e. The second-order valence-corrected chi connectivity index (χ2v) is 5.73. The fourth-order valence-electron chi connectivity index (χ4n) is 2.23. The van der Waals surface area contributed by atoms with Gasteiger partial charge >= 0.3 is 0 Å². The molecule has 0 radical (unpaired) electrons. The van der Waals surface area contributed by atoms with Gasteiger partial charge in [0.1, 0.15) is 17.1 Å². The second-order valence-electron chi connectivity index (χ2n) is 5.30. The fraction of sp³-hybridized carbons (Fsp3) is 0. The highest BCUT2D eigenvalue weighted by atomic mass is 35.5. The number of anilines is 2. The van der Waals surface area contributed by atoms with E-state index in [0.29, 0.717) is 16.3 Å². The number of carbonyl (C=O) groups excluding carboxylic acids is 1. The number of H-pyrrole nitrogens is 1. The lowest BCUT2D eigenvalue weighted by Crippen LogP contribution is -2.12. The first kappa shape index (κ1) is 17.3. The molecular weight excluding hydrogens is 358 g/mol. The van der Waals surface area contributed by atoms with Crippen LogP contribution in [0.1, 0.15) is 15.9 Å². The lowest BCUT2D eigenvalue weighted by atomic mass is 10.2. The molecule has 1 amide bonds. The third kappa shape index (κ3) is 3.76. The Labute approximate surface area is 153 Å². The topological polar surface area (TPSA) is 137 Å². The zero-order valence-electron chi connectivity index (χ0n) is 13.3. The molecule has 0 bridgehead atoms. The number of phenols is 2. The molecule has 3 rings (SSSR count). The average molecular weight is 372 g/mol. The number of aliphatic imine (C=N–C) groups is 1. The van der Waals surface area contributed by atoms with E-state index in [1.807, 2.05) is 0 Å². The third-order valence-electron chi connectivity index (χ3n) is 3.43. The minimum Gasteiger partial charge on any atom is -0.508 e. The van der Waals surface area contributed by atoms with Gasteiger partial charge in [-0.2, -0.15) is 5.10 Å². The van der Waals surface area contributed by atoms with E-state index >= 15 is 0 Å². The number of rotatable bonds is 5. The van der Waals surface area contributed by atoms with Gasteiger partial charge < -0.3 is 21.3 Å². The number of aromatic nitrogens is 2. The highest BCUT2D eigenvalue weighted by Gasteiger charge is 2.18. The summed E-state index contributed by atoms with van der Waals surface area (Å²) in [4.78, 5) is 15.9. The molecule has 3 aromatic rings. The first-order valence-electron chi connectivity index (χ1n) is 7.41. The van der Waals surface area contributed by atoms with Crippen LogP contribution in [0, 0.1) is 0 Å². The highest BCUT2D eigenvalue weighted by molar-refractivity contribution is 6.30. The maximum Gasteiger partial charge on any atom is 0.256 e. The number of nitrogens with two attached hydrogens (primary N) is 1. The number of hydrogen-bond donors (Lipinski definition) is 5. The summed E-state index contributed by atoms with van der Waals surface area (Å²) in [6, 6.07) is 10.9. The first-order valence-corrected chi connectivity index (χ1v) is 7.78.